The van der Waals surface area contributed by atoms with Gasteiger partial charge in [0.1, 0.15) is 17.6 Å². The number of hydrogen-bond acceptors (Lipinski definition) is 5. The van der Waals surface area contributed by atoms with Crippen molar-refractivity contribution < 1.29 is 18.3 Å². The van der Waals surface area contributed by atoms with Gasteiger partial charge in [0.05, 0.1) is 10.5 Å². The van der Waals surface area contributed by atoms with Crippen molar-refractivity contribution >= 4 is 28.5 Å². The molecule has 0 spiro atoms. The highest BCUT2D eigenvalue weighted by molar-refractivity contribution is 6.33. The summed E-state index contributed by atoms with van der Waals surface area (Å²) in [7, 11) is 0. The molecule has 1 atom stereocenters. The Kier molecular flexibility index (Phi) is 4.20. The lowest BCUT2D eigenvalue weighted by Crippen LogP contribution is -2.54. The van der Waals surface area contributed by atoms with Crippen LogP contribution in [-0.4, -0.2) is 17.6 Å². The minimum absolute atomic E-state index is 0.145. The van der Waals surface area contributed by atoms with Gasteiger partial charge in [-0.05, 0) is 12.1 Å². The van der Waals surface area contributed by atoms with Gasteiger partial charge in [-0.25, -0.2) is 13.6 Å². The molecule has 1 unspecified atom stereocenters. The molecule has 0 saturated heterocycles. The molecule has 2 aromatic rings. The Bertz CT molecular complexity index is 976. The van der Waals surface area contributed by atoms with Crippen LogP contribution in [0, 0.1) is 17.1 Å². The van der Waals surface area contributed by atoms with Gasteiger partial charge in [0.25, 0.3) is 0 Å². The molecule has 0 bridgehead atoms. The van der Waals surface area contributed by atoms with Crippen molar-refractivity contribution in [3.63, 3.8) is 0 Å². The average Bonchev–Trinajstić information content (AvgIpc) is 3.06. The summed E-state index contributed by atoms with van der Waals surface area (Å²) in [4.78, 5) is 14.7. The van der Waals surface area contributed by atoms with Gasteiger partial charge in [-0.15, -0.1) is 0 Å². The monoisotopic (exact) mass is 364 g/mol. The normalized spacial score (nSPS) is 20.0. The molecule has 1 aromatic heterocycles. The fourth-order valence-electron chi connectivity index (χ4n) is 2.52. The molecule has 3 rings (SSSR count). The first-order chi connectivity index (χ1) is 11.9. The summed E-state index contributed by atoms with van der Waals surface area (Å²) in [5.74, 6) is -2.77. The van der Waals surface area contributed by atoms with Gasteiger partial charge in [0.15, 0.2) is 18.1 Å². The SMILES string of the molecule is N#CCOC(=O)C1=C(Cl)C=C(F)C(N)(c2ccc3cc[nH]c3c2F)N1. The predicted octanol–water partition coefficient (Wildman–Crippen LogP) is 2.39. The number of hydrogen-bond donors (Lipinski definition) is 3. The van der Waals surface area contributed by atoms with Gasteiger partial charge in [0.2, 0.25) is 0 Å². The van der Waals surface area contributed by atoms with Crippen molar-refractivity contribution in [3.8, 4) is 6.07 Å². The zero-order valence-electron chi connectivity index (χ0n) is 12.6. The first kappa shape index (κ1) is 17.0. The van der Waals surface area contributed by atoms with Crippen LogP contribution >= 0.6 is 11.6 Å². The number of esters is 1. The average molecular weight is 365 g/mol. The standard InChI is InChI=1S/C16H11ClF2N4O2/c17-10-7-11(18)16(21,23-14(10)15(24)25-6-4-20)9-2-1-8-3-5-22-13(8)12(9)19/h1-3,5,7,22-23H,6,21H2. The number of fused-ring (bicyclic) bond motifs is 1. The van der Waals surface area contributed by atoms with E-state index in [1.807, 2.05) is 0 Å². The fraction of sp³-hybridized carbons (Fsp3) is 0.125. The number of halogens is 3. The van der Waals surface area contributed by atoms with Crippen molar-refractivity contribution in [1.82, 2.24) is 10.3 Å². The number of carbonyl (C=O) groups excluding carboxylic acids is 1. The quantitative estimate of drug-likeness (QED) is 0.725. The second kappa shape index (κ2) is 6.20. The summed E-state index contributed by atoms with van der Waals surface area (Å²) in [5.41, 5.74) is 3.41. The topological polar surface area (TPSA) is 104 Å². The third-order valence-corrected chi connectivity index (χ3v) is 4.05. The van der Waals surface area contributed by atoms with E-state index in [0.29, 0.717) is 5.39 Å². The minimum atomic E-state index is -2.16. The van der Waals surface area contributed by atoms with Crippen molar-refractivity contribution in [2.75, 3.05) is 6.61 Å². The number of nitrogens with zero attached hydrogens (tertiary/aromatic N) is 1. The summed E-state index contributed by atoms with van der Waals surface area (Å²) >= 11 is 5.84. The number of ether oxygens (including phenoxy) is 1. The van der Waals surface area contributed by atoms with Gasteiger partial charge < -0.3 is 15.0 Å². The molecule has 1 aliphatic rings. The second-order valence-corrected chi connectivity index (χ2v) is 5.66. The largest absolute Gasteiger partial charge is 0.446 e. The molecule has 25 heavy (non-hydrogen) atoms. The molecule has 6 nitrogen and oxygen atoms in total. The van der Waals surface area contributed by atoms with Crippen LogP contribution in [0.1, 0.15) is 5.56 Å². The first-order valence-corrected chi connectivity index (χ1v) is 7.41. The van der Waals surface area contributed by atoms with E-state index in [4.69, 9.17) is 22.6 Å². The van der Waals surface area contributed by atoms with Crippen LogP contribution in [0.25, 0.3) is 10.9 Å². The number of aromatic amines is 1. The Balaban J connectivity index is 2.06. The van der Waals surface area contributed by atoms with Crippen LogP contribution < -0.4 is 11.1 Å². The summed E-state index contributed by atoms with van der Waals surface area (Å²) in [6.07, 6.45) is 2.34. The van der Waals surface area contributed by atoms with Crippen LogP contribution in [0.3, 0.4) is 0 Å². The molecule has 0 amide bonds. The number of aromatic nitrogens is 1. The number of allylic oxidation sites excluding steroid dienone is 2. The number of carbonyl (C=O) groups is 1. The number of nitrogens with one attached hydrogen (secondary N) is 2. The maximum atomic E-state index is 14.8. The van der Waals surface area contributed by atoms with E-state index in [0.717, 1.165) is 6.08 Å². The van der Waals surface area contributed by atoms with Gasteiger partial charge in [0, 0.05) is 17.1 Å². The van der Waals surface area contributed by atoms with Crippen LogP contribution in [0.4, 0.5) is 8.78 Å². The number of nitriles is 1. The molecule has 1 aromatic carbocycles. The number of benzene rings is 1. The maximum absolute atomic E-state index is 14.8. The summed E-state index contributed by atoms with van der Waals surface area (Å²) in [6, 6.07) is 6.13. The van der Waals surface area contributed by atoms with Gasteiger partial charge in [-0.1, -0.05) is 23.7 Å². The smallest absolute Gasteiger partial charge is 0.357 e. The second-order valence-electron chi connectivity index (χ2n) is 5.25. The summed E-state index contributed by atoms with van der Waals surface area (Å²) < 4.78 is 34.0. The van der Waals surface area contributed by atoms with Gasteiger partial charge >= 0.3 is 5.97 Å². The Morgan fingerprint density at radius 2 is 2.16 bits per heavy atom. The first-order valence-electron chi connectivity index (χ1n) is 7.03. The number of rotatable bonds is 3. The van der Waals surface area contributed by atoms with E-state index in [1.165, 1.54) is 12.3 Å². The van der Waals surface area contributed by atoms with E-state index >= 15 is 0 Å². The minimum Gasteiger partial charge on any atom is -0.446 e. The Labute approximate surface area is 145 Å². The van der Waals surface area contributed by atoms with E-state index in [1.54, 1.807) is 18.2 Å². The molecule has 0 radical (unpaired) electrons. The third kappa shape index (κ3) is 2.73. The molecule has 1 aliphatic heterocycles. The van der Waals surface area contributed by atoms with E-state index < -0.39 is 29.9 Å². The van der Waals surface area contributed by atoms with Crippen molar-refractivity contribution in [2.24, 2.45) is 5.73 Å². The molecular weight excluding hydrogens is 354 g/mol. The highest BCUT2D eigenvalue weighted by atomic mass is 35.5. The highest BCUT2D eigenvalue weighted by Gasteiger charge is 2.41. The lowest BCUT2D eigenvalue weighted by atomic mass is 9.94. The Morgan fingerprint density at radius 1 is 1.40 bits per heavy atom. The highest BCUT2D eigenvalue weighted by Crippen LogP contribution is 2.36. The van der Waals surface area contributed by atoms with Crippen LogP contribution in [0.2, 0.25) is 0 Å². The lowest BCUT2D eigenvalue weighted by Gasteiger charge is -2.34. The maximum Gasteiger partial charge on any atom is 0.357 e. The van der Waals surface area contributed by atoms with Crippen molar-refractivity contribution in [3.05, 3.63) is 58.4 Å². The molecule has 0 aliphatic carbocycles. The number of H-pyrrole nitrogens is 1. The Hall–Kier alpha value is -2.89. The molecule has 128 valence electrons. The van der Waals surface area contributed by atoms with Crippen molar-refractivity contribution in [1.29, 1.82) is 5.26 Å². The van der Waals surface area contributed by atoms with Crippen LogP contribution in [0.5, 0.6) is 0 Å². The molecule has 2 heterocycles. The number of nitrogens with two attached hydrogens (primary N) is 1. The predicted molar refractivity (Wildman–Crippen MR) is 85.9 cm³/mol. The van der Waals surface area contributed by atoms with E-state index in [-0.39, 0.29) is 21.8 Å². The van der Waals surface area contributed by atoms with E-state index in [9.17, 15) is 13.6 Å². The zero-order valence-corrected chi connectivity index (χ0v) is 13.3. The van der Waals surface area contributed by atoms with Gasteiger partial charge in [-0.2, -0.15) is 5.26 Å². The molecule has 4 N–H and O–H groups in total. The molecule has 9 heteroatoms. The van der Waals surface area contributed by atoms with Gasteiger partial charge in [-0.3, -0.25) is 5.73 Å². The Morgan fingerprint density at radius 3 is 2.88 bits per heavy atom. The lowest BCUT2D eigenvalue weighted by molar-refractivity contribution is -0.138. The fourth-order valence-corrected chi connectivity index (χ4v) is 2.74. The summed E-state index contributed by atoms with van der Waals surface area (Å²) in [5, 5.41) is 11.1. The number of dihydropyridines is 1. The van der Waals surface area contributed by atoms with Crippen molar-refractivity contribution in [2.45, 2.75) is 5.66 Å². The summed E-state index contributed by atoms with van der Waals surface area (Å²) in [6.45, 7) is -0.527. The van der Waals surface area contributed by atoms with E-state index in [2.05, 4.69) is 15.0 Å². The van der Waals surface area contributed by atoms with Crippen LogP contribution in [0.15, 0.2) is 47.0 Å². The zero-order chi connectivity index (χ0) is 18.2. The van der Waals surface area contributed by atoms with Crippen LogP contribution in [-0.2, 0) is 15.2 Å². The third-order valence-electron chi connectivity index (χ3n) is 3.75. The molecule has 0 fully saturated rings. The molecule has 0 saturated carbocycles. The molecular formula is C16H11ClF2N4O2.